The number of methoxy groups -OCH3 is 1. The van der Waals surface area contributed by atoms with Crippen LogP contribution in [0, 0.1) is 5.92 Å². The number of rotatable bonds is 7. The van der Waals surface area contributed by atoms with Gasteiger partial charge in [0.1, 0.15) is 5.60 Å². The Kier molecular flexibility index (Phi) is 6.90. The van der Waals surface area contributed by atoms with Crippen molar-refractivity contribution in [1.29, 1.82) is 0 Å². The van der Waals surface area contributed by atoms with Crippen LogP contribution in [0.2, 0.25) is 10.0 Å². The maximum Gasteiger partial charge on any atom is 0.161 e. The molecule has 1 aromatic heterocycles. The summed E-state index contributed by atoms with van der Waals surface area (Å²) in [5, 5.41) is 12.8. The van der Waals surface area contributed by atoms with Crippen LogP contribution < -0.4 is 9.47 Å². The van der Waals surface area contributed by atoms with Crippen LogP contribution in [0.3, 0.4) is 0 Å². The highest BCUT2D eigenvalue weighted by Gasteiger charge is 2.36. The molecular weight excluding hydrogens is 433 g/mol. The third-order valence-electron chi connectivity index (χ3n) is 6.25. The lowest BCUT2D eigenvalue weighted by Gasteiger charge is -2.35. The Hall–Kier alpha value is -2.01. The van der Waals surface area contributed by atoms with Crippen molar-refractivity contribution in [3.05, 3.63) is 76.1 Å². The zero-order valence-corrected chi connectivity index (χ0v) is 19.1. The normalized spacial score (nSPS) is 23.3. The third-order valence-corrected chi connectivity index (χ3v) is 6.90. The van der Waals surface area contributed by atoms with Crippen LogP contribution in [0.1, 0.15) is 43.2 Å². The smallest absolute Gasteiger partial charge is 0.161 e. The molecule has 2 atom stereocenters. The van der Waals surface area contributed by atoms with Gasteiger partial charge in [0, 0.05) is 18.3 Å². The van der Waals surface area contributed by atoms with E-state index in [1.54, 1.807) is 19.5 Å². The zero-order valence-electron chi connectivity index (χ0n) is 17.6. The molecule has 1 heterocycles. The minimum absolute atomic E-state index is 0.148. The molecule has 0 amide bonds. The van der Waals surface area contributed by atoms with Gasteiger partial charge in [0.05, 0.1) is 23.3 Å². The fourth-order valence-electron chi connectivity index (χ4n) is 4.48. The number of pyridine rings is 1. The second-order valence-corrected chi connectivity index (χ2v) is 9.00. The highest BCUT2D eigenvalue weighted by Crippen LogP contribution is 2.42. The van der Waals surface area contributed by atoms with Gasteiger partial charge >= 0.3 is 0 Å². The third kappa shape index (κ3) is 4.77. The first-order valence-electron chi connectivity index (χ1n) is 10.7. The van der Waals surface area contributed by atoms with Gasteiger partial charge in [-0.05, 0) is 67.9 Å². The van der Waals surface area contributed by atoms with Crippen LogP contribution in [0.15, 0.2) is 54.9 Å². The van der Waals surface area contributed by atoms with Crippen LogP contribution in [-0.2, 0) is 12.0 Å². The number of nitrogens with zero attached hydrogens (tertiary/aromatic N) is 1. The lowest BCUT2D eigenvalue weighted by molar-refractivity contribution is 0.0390. The van der Waals surface area contributed by atoms with Crippen molar-refractivity contribution in [3.63, 3.8) is 0 Å². The van der Waals surface area contributed by atoms with Gasteiger partial charge in [-0.3, -0.25) is 4.98 Å². The molecule has 1 saturated carbocycles. The van der Waals surface area contributed by atoms with E-state index in [0.717, 1.165) is 24.0 Å². The topological polar surface area (TPSA) is 51.6 Å². The fourth-order valence-corrected chi connectivity index (χ4v) is 5.03. The van der Waals surface area contributed by atoms with Gasteiger partial charge in [-0.25, -0.2) is 0 Å². The summed E-state index contributed by atoms with van der Waals surface area (Å²) in [6.45, 7) is 0. The van der Waals surface area contributed by atoms with E-state index in [0.29, 0.717) is 34.4 Å². The summed E-state index contributed by atoms with van der Waals surface area (Å²) in [6, 6.07) is 5.70. The van der Waals surface area contributed by atoms with E-state index in [-0.39, 0.29) is 12.0 Å². The number of aliphatic hydroxyl groups is 1. The van der Waals surface area contributed by atoms with Gasteiger partial charge in [0.2, 0.25) is 0 Å². The molecule has 2 aliphatic carbocycles. The molecule has 2 aromatic rings. The van der Waals surface area contributed by atoms with Crippen LogP contribution >= 0.6 is 23.2 Å². The molecular formula is C25H27Cl2NO3. The quantitative estimate of drug-likeness (QED) is 0.528. The van der Waals surface area contributed by atoms with E-state index < -0.39 is 5.60 Å². The lowest BCUT2D eigenvalue weighted by atomic mass is 9.76. The summed E-state index contributed by atoms with van der Waals surface area (Å²) < 4.78 is 11.8. The zero-order chi connectivity index (χ0) is 21.8. The molecule has 1 aromatic carbocycles. The van der Waals surface area contributed by atoms with Crippen LogP contribution in [0.5, 0.6) is 11.5 Å². The average molecular weight is 460 g/mol. The summed E-state index contributed by atoms with van der Waals surface area (Å²) in [5.74, 6) is 1.22. The number of aromatic nitrogens is 1. The van der Waals surface area contributed by atoms with Crippen molar-refractivity contribution < 1.29 is 14.6 Å². The monoisotopic (exact) mass is 459 g/mol. The summed E-state index contributed by atoms with van der Waals surface area (Å²) in [5.41, 5.74) is 0.461. The van der Waals surface area contributed by atoms with Gasteiger partial charge < -0.3 is 14.6 Å². The molecule has 164 valence electrons. The maximum absolute atomic E-state index is 11.8. The van der Waals surface area contributed by atoms with Crippen LogP contribution in [0.25, 0.3) is 0 Å². The van der Waals surface area contributed by atoms with Gasteiger partial charge in [0.15, 0.2) is 11.5 Å². The lowest BCUT2D eigenvalue weighted by Crippen LogP contribution is -2.34. The molecule has 4 nitrogen and oxygen atoms in total. The van der Waals surface area contributed by atoms with E-state index in [9.17, 15) is 5.11 Å². The molecule has 0 aliphatic heterocycles. The van der Waals surface area contributed by atoms with Gasteiger partial charge in [-0.2, -0.15) is 0 Å². The summed E-state index contributed by atoms with van der Waals surface area (Å²) in [7, 11) is 1.64. The number of benzene rings is 1. The highest BCUT2D eigenvalue weighted by molar-refractivity contribution is 6.35. The van der Waals surface area contributed by atoms with E-state index in [2.05, 4.69) is 4.98 Å². The molecule has 2 aliphatic rings. The van der Waals surface area contributed by atoms with Crippen LogP contribution in [-0.4, -0.2) is 23.3 Å². The molecule has 1 fully saturated rings. The van der Waals surface area contributed by atoms with Gasteiger partial charge in [-0.1, -0.05) is 47.5 Å². The predicted octanol–water partition coefficient (Wildman–Crippen LogP) is 6.28. The standard InChI is InChI=1S/C25H27Cl2NO3/c1-30-23-12-10-18(14-24(23)31-19-7-2-3-8-19)25(29)13-5-4-6-17(25)9-11-20-21(26)15-28-16-22(20)27/h4-6,10,12-17,19,29H,2-3,7-9,11H2,1H3. The Labute approximate surface area is 193 Å². The number of ether oxygens (including phenoxy) is 2. The molecule has 0 radical (unpaired) electrons. The molecule has 1 N–H and O–H groups in total. The van der Waals surface area contributed by atoms with Crippen LogP contribution in [0.4, 0.5) is 0 Å². The molecule has 0 saturated heterocycles. The number of hydrogen-bond donors (Lipinski definition) is 1. The Bertz CT molecular complexity index is 964. The molecule has 4 rings (SSSR count). The summed E-state index contributed by atoms with van der Waals surface area (Å²) in [4.78, 5) is 4.02. The first-order valence-corrected chi connectivity index (χ1v) is 11.5. The summed E-state index contributed by atoms with van der Waals surface area (Å²) in [6.07, 6.45) is 16.9. The van der Waals surface area contributed by atoms with Crippen molar-refractivity contribution in [2.45, 2.75) is 50.2 Å². The first-order chi connectivity index (χ1) is 15.0. The van der Waals surface area contributed by atoms with E-state index in [1.807, 2.05) is 42.5 Å². The Balaban J connectivity index is 1.59. The first kappa shape index (κ1) is 22.2. The van der Waals surface area contributed by atoms with E-state index >= 15 is 0 Å². The Morgan fingerprint density at radius 3 is 2.55 bits per heavy atom. The van der Waals surface area contributed by atoms with Crippen molar-refractivity contribution in [1.82, 2.24) is 4.98 Å². The Morgan fingerprint density at radius 1 is 1.10 bits per heavy atom. The minimum Gasteiger partial charge on any atom is -0.493 e. The van der Waals surface area contributed by atoms with Crippen molar-refractivity contribution in [2.24, 2.45) is 5.92 Å². The van der Waals surface area contributed by atoms with E-state index in [4.69, 9.17) is 32.7 Å². The average Bonchev–Trinajstić information content (AvgIpc) is 3.27. The molecule has 2 unspecified atom stereocenters. The second kappa shape index (κ2) is 9.64. The SMILES string of the molecule is COc1ccc(C2(O)C=CC=CC2CCc2c(Cl)cncc2Cl)cc1OC1CCCC1. The van der Waals surface area contributed by atoms with Crippen molar-refractivity contribution >= 4 is 23.2 Å². The summed E-state index contributed by atoms with van der Waals surface area (Å²) >= 11 is 12.6. The van der Waals surface area contributed by atoms with Crippen molar-refractivity contribution in [2.75, 3.05) is 7.11 Å². The van der Waals surface area contributed by atoms with Gasteiger partial charge in [-0.15, -0.1) is 0 Å². The molecule has 0 bridgehead atoms. The van der Waals surface area contributed by atoms with Crippen molar-refractivity contribution in [3.8, 4) is 11.5 Å². The molecule has 0 spiro atoms. The van der Waals surface area contributed by atoms with E-state index in [1.165, 1.54) is 12.8 Å². The molecule has 31 heavy (non-hydrogen) atoms. The number of halogens is 2. The number of hydrogen-bond acceptors (Lipinski definition) is 4. The van der Waals surface area contributed by atoms with Gasteiger partial charge in [0.25, 0.3) is 0 Å². The largest absolute Gasteiger partial charge is 0.493 e. The minimum atomic E-state index is -1.17. The second-order valence-electron chi connectivity index (χ2n) is 8.19. The predicted molar refractivity (Wildman–Crippen MR) is 124 cm³/mol. The molecule has 6 heteroatoms. The fraction of sp³-hybridized carbons (Fsp3) is 0.400. The highest BCUT2D eigenvalue weighted by atomic mass is 35.5. The number of allylic oxidation sites excluding steroid dienone is 2. The Morgan fingerprint density at radius 2 is 1.84 bits per heavy atom. The maximum atomic E-state index is 11.8.